The molecule has 1 rings (SSSR count). The van der Waals surface area contributed by atoms with Crippen molar-refractivity contribution in [1.29, 1.82) is 5.26 Å². The first-order valence-corrected chi connectivity index (χ1v) is 5.25. The van der Waals surface area contributed by atoms with E-state index in [9.17, 15) is 9.18 Å². The Balaban J connectivity index is 2.55. The average Bonchev–Trinajstić information content (AvgIpc) is 2.28. The van der Waals surface area contributed by atoms with Gasteiger partial charge in [-0.15, -0.1) is 0 Å². The number of hydrogen-bond donors (Lipinski definition) is 2. The van der Waals surface area contributed by atoms with E-state index < -0.39 is 12.1 Å². The van der Waals surface area contributed by atoms with Crippen molar-refractivity contribution >= 4 is 11.7 Å². The number of anilines is 1. The summed E-state index contributed by atoms with van der Waals surface area (Å²) in [5.74, 6) is -0.341. The maximum atomic E-state index is 12.6. The van der Waals surface area contributed by atoms with Crippen molar-refractivity contribution in [2.75, 3.05) is 5.32 Å². The van der Waals surface area contributed by atoms with Crippen LogP contribution < -0.4 is 10.6 Å². The molecule has 90 valence electrons. The number of benzene rings is 1. The van der Waals surface area contributed by atoms with E-state index in [0.717, 1.165) is 0 Å². The van der Waals surface area contributed by atoms with Crippen LogP contribution in [-0.2, 0) is 0 Å². The molecule has 0 saturated heterocycles. The zero-order chi connectivity index (χ0) is 12.8. The smallest absolute Gasteiger partial charge is 0.320 e. The molecular formula is C12H14FN3O. The Morgan fingerprint density at radius 3 is 2.41 bits per heavy atom. The van der Waals surface area contributed by atoms with E-state index >= 15 is 0 Å². The standard InChI is InChI=1S/C12H14FN3O/c1-8(2)11(7-14)16-12(17)15-10-5-3-9(13)4-6-10/h3-6,8,11H,1-2H3,(H2,15,16,17). The zero-order valence-electron chi connectivity index (χ0n) is 9.70. The molecule has 0 saturated carbocycles. The van der Waals surface area contributed by atoms with Gasteiger partial charge in [0.2, 0.25) is 0 Å². The van der Waals surface area contributed by atoms with Gasteiger partial charge in [0.15, 0.2) is 0 Å². The third-order valence-electron chi connectivity index (χ3n) is 2.19. The fourth-order valence-corrected chi connectivity index (χ4v) is 1.19. The number of halogens is 1. The summed E-state index contributed by atoms with van der Waals surface area (Å²) in [7, 11) is 0. The molecule has 0 heterocycles. The molecule has 4 nitrogen and oxygen atoms in total. The van der Waals surface area contributed by atoms with Crippen molar-refractivity contribution in [3.8, 4) is 6.07 Å². The lowest BCUT2D eigenvalue weighted by Gasteiger charge is -2.15. The second kappa shape index (κ2) is 5.85. The quantitative estimate of drug-likeness (QED) is 0.845. The highest BCUT2D eigenvalue weighted by Gasteiger charge is 2.14. The molecule has 0 aromatic heterocycles. The van der Waals surface area contributed by atoms with E-state index in [2.05, 4.69) is 10.6 Å². The van der Waals surface area contributed by atoms with Gasteiger partial charge >= 0.3 is 6.03 Å². The molecule has 0 aliphatic rings. The molecule has 0 aliphatic heterocycles. The maximum Gasteiger partial charge on any atom is 0.320 e. The fourth-order valence-electron chi connectivity index (χ4n) is 1.19. The van der Waals surface area contributed by atoms with Crippen LogP contribution in [0, 0.1) is 23.1 Å². The van der Waals surface area contributed by atoms with Crippen LogP contribution in [0.2, 0.25) is 0 Å². The summed E-state index contributed by atoms with van der Waals surface area (Å²) in [4.78, 5) is 11.5. The Morgan fingerprint density at radius 1 is 1.35 bits per heavy atom. The SMILES string of the molecule is CC(C)C(C#N)NC(=O)Nc1ccc(F)cc1. The van der Waals surface area contributed by atoms with Crippen LogP contribution in [0.3, 0.4) is 0 Å². The first-order chi connectivity index (χ1) is 8.02. The highest BCUT2D eigenvalue weighted by Crippen LogP contribution is 2.08. The second-order valence-electron chi connectivity index (χ2n) is 3.96. The second-order valence-corrected chi connectivity index (χ2v) is 3.96. The largest absolute Gasteiger partial charge is 0.322 e. The Kier molecular flexibility index (Phi) is 4.46. The predicted molar refractivity (Wildman–Crippen MR) is 62.8 cm³/mol. The minimum absolute atomic E-state index is 0.0268. The predicted octanol–water partition coefficient (Wildman–Crippen LogP) is 2.50. The van der Waals surface area contributed by atoms with Crippen molar-refractivity contribution in [3.63, 3.8) is 0 Å². The minimum Gasteiger partial charge on any atom is -0.322 e. The average molecular weight is 235 g/mol. The van der Waals surface area contributed by atoms with Crippen molar-refractivity contribution in [2.45, 2.75) is 19.9 Å². The molecule has 1 aromatic carbocycles. The van der Waals surface area contributed by atoms with Gasteiger partial charge < -0.3 is 10.6 Å². The van der Waals surface area contributed by atoms with Crippen LogP contribution in [0.25, 0.3) is 0 Å². The van der Waals surface area contributed by atoms with Crippen molar-refractivity contribution in [1.82, 2.24) is 5.32 Å². The minimum atomic E-state index is -0.546. The van der Waals surface area contributed by atoms with Crippen LogP contribution in [0.1, 0.15) is 13.8 Å². The van der Waals surface area contributed by atoms with Crippen LogP contribution in [0.5, 0.6) is 0 Å². The molecule has 0 fully saturated rings. The Morgan fingerprint density at radius 2 is 1.94 bits per heavy atom. The third kappa shape index (κ3) is 4.11. The molecule has 1 atom stereocenters. The lowest BCUT2D eigenvalue weighted by molar-refractivity contribution is 0.248. The molecule has 2 N–H and O–H groups in total. The molecule has 17 heavy (non-hydrogen) atoms. The zero-order valence-corrected chi connectivity index (χ0v) is 9.70. The number of rotatable bonds is 3. The van der Waals surface area contributed by atoms with Gasteiger partial charge in [-0.3, -0.25) is 0 Å². The van der Waals surface area contributed by atoms with E-state index in [1.54, 1.807) is 0 Å². The van der Waals surface area contributed by atoms with Crippen molar-refractivity contribution < 1.29 is 9.18 Å². The lowest BCUT2D eigenvalue weighted by atomic mass is 10.1. The van der Waals surface area contributed by atoms with Gasteiger partial charge in [-0.25, -0.2) is 9.18 Å². The van der Waals surface area contributed by atoms with Gasteiger partial charge in [-0.1, -0.05) is 13.8 Å². The topological polar surface area (TPSA) is 64.9 Å². The number of nitriles is 1. The number of carbonyl (C=O) groups is 1. The Bertz CT molecular complexity index is 422. The highest BCUT2D eigenvalue weighted by atomic mass is 19.1. The van der Waals surface area contributed by atoms with Gasteiger partial charge in [0, 0.05) is 5.69 Å². The van der Waals surface area contributed by atoms with Crippen LogP contribution in [-0.4, -0.2) is 12.1 Å². The number of nitrogens with one attached hydrogen (secondary N) is 2. The monoisotopic (exact) mass is 235 g/mol. The summed E-state index contributed by atoms with van der Waals surface area (Å²) in [6.45, 7) is 3.68. The van der Waals surface area contributed by atoms with Crippen LogP contribution >= 0.6 is 0 Å². The molecular weight excluding hydrogens is 221 g/mol. The van der Waals surface area contributed by atoms with E-state index in [-0.39, 0.29) is 11.7 Å². The molecule has 1 aromatic rings. The van der Waals surface area contributed by atoms with E-state index in [0.29, 0.717) is 5.69 Å². The normalized spacial score (nSPS) is 11.7. The third-order valence-corrected chi connectivity index (χ3v) is 2.19. The molecule has 1 unspecified atom stereocenters. The van der Waals surface area contributed by atoms with Gasteiger partial charge in [0.05, 0.1) is 6.07 Å². The number of hydrogen-bond acceptors (Lipinski definition) is 2. The summed E-state index contributed by atoms with van der Waals surface area (Å²) in [5.41, 5.74) is 0.476. The maximum absolute atomic E-state index is 12.6. The van der Waals surface area contributed by atoms with Crippen molar-refractivity contribution in [3.05, 3.63) is 30.1 Å². The first kappa shape index (κ1) is 13.0. The number of urea groups is 1. The summed E-state index contributed by atoms with van der Waals surface area (Å²) < 4.78 is 12.6. The fraction of sp³-hybridized carbons (Fsp3) is 0.333. The van der Waals surface area contributed by atoms with E-state index in [1.807, 2.05) is 19.9 Å². The first-order valence-electron chi connectivity index (χ1n) is 5.25. The number of amides is 2. The summed E-state index contributed by atoms with van der Waals surface area (Å²) >= 11 is 0. The molecule has 2 amide bonds. The molecule has 0 bridgehead atoms. The van der Waals surface area contributed by atoms with Crippen molar-refractivity contribution in [2.24, 2.45) is 5.92 Å². The molecule has 5 heteroatoms. The number of nitrogens with zero attached hydrogens (tertiary/aromatic N) is 1. The lowest BCUT2D eigenvalue weighted by Crippen LogP contribution is -2.40. The molecule has 0 radical (unpaired) electrons. The van der Waals surface area contributed by atoms with Gasteiger partial charge in [0.1, 0.15) is 11.9 Å². The highest BCUT2D eigenvalue weighted by molar-refractivity contribution is 5.89. The van der Waals surface area contributed by atoms with Gasteiger partial charge in [-0.2, -0.15) is 5.26 Å². The summed E-state index contributed by atoms with van der Waals surface area (Å²) in [6.07, 6.45) is 0. The Labute approximate surface area is 99.4 Å². The summed E-state index contributed by atoms with van der Waals surface area (Å²) in [5, 5.41) is 13.9. The summed E-state index contributed by atoms with van der Waals surface area (Å²) in [6, 6.07) is 6.37. The van der Waals surface area contributed by atoms with E-state index in [4.69, 9.17) is 5.26 Å². The van der Waals surface area contributed by atoms with Crippen LogP contribution in [0.15, 0.2) is 24.3 Å². The van der Waals surface area contributed by atoms with Crippen LogP contribution in [0.4, 0.5) is 14.9 Å². The number of carbonyl (C=O) groups excluding carboxylic acids is 1. The Hall–Kier alpha value is -2.09. The molecule has 0 aliphatic carbocycles. The van der Waals surface area contributed by atoms with Gasteiger partial charge in [0.25, 0.3) is 0 Å². The van der Waals surface area contributed by atoms with Gasteiger partial charge in [-0.05, 0) is 30.2 Å². The van der Waals surface area contributed by atoms with E-state index in [1.165, 1.54) is 24.3 Å². The molecule has 0 spiro atoms.